The third kappa shape index (κ3) is 2.31. The summed E-state index contributed by atoms with van der Waals surface area (Å²) in [6.45, 7) is 0.846. The van der Waals surface area contributed by atoms with Crippen LogP contribution in [0.2, 0.25) is 0 Å². The van der Waals surface area contributed by atoms with Gasteiger partial charge < -0.3 is 10.1 Å². The third-order valence-corrected chi connectivity index (χ3v) is 5.28. The van der Waals surface area contributed by atoms with E-state index in [1.807, 2.05) is 0 Å². The highest BCUT2D eigenvalue weighted by Crippen LogP contribution is 2.29. The molecule has 3 heterocycles. The van der Waals surface area contributed by atoms with Gasteiger partial charge >= 0.3 is 0 Å². The lowest BCUT2D eigenvalue weighted by Gasteiger charge is -2.31. The van der Waals surface area contributed by atoms with Crippen LogP contribution in [-0.4, -0.2) is 55.0 Å². The molecule has 2 unspecified atom stereocenters. The first kappa shape index (κ1) is 12.8. The van der Waals surface area contributed by atoms with Gasteiger partial charge in [-0.2, -0.15) is 4.31 Å². The number of rotatable bonds is 3. The average molecular weight is 284 g/mol. The summed E-state index contributed by atoms with van der Waals surface area (Å²) >= 11 is 0. The zero-order chi connectivity index (χ0) is 13.5. The van der Waals surface area contributed by atoms with Gasteiger partial charge in [-0.05, 0) is 12.8 Å². The van der Waals surface area contributed by atoms with E-state index in [-0.39, 0.29) is 17.1 Å². The summed E-state index contributed by atoms with van der Waals surface area (Å²) in [4.78, 5) is 8.04. The fraction of sp³-hybridized carbons (Fsp3) is 0.636. The third-order valence-electron chi connectivity index (χ3n) is 3.50. The fourth-order valence-electron chi connectivity index (χ4n) is 2.50. The first-order valence-electron chi connectivity index (χ1n) is 6.25. The van der Waals surface area contributed by atoms with Crippen molar-refractivity contribution < 1.29 is 13.2 Å². The van der Waals surface area contributed by atoms with Crippen LogP contribution in [0.5, 0.6) is 0 Å². The van der Waals surface area contributed by atoms with E-state index in [2.05, 4.69) is 15.3 Å². The molecule has 2 atom stereocenters. The van der Waals surface area contributed by atoms with Crippen LogP contribution in [-0.2, 0) is 14.8 Å². The molecular formula is C11H16N4O3S. The molecule has 2 aliphatic heterocycles. The molecule has 0 amide bonds. The molecule has 1 aromatic heterocycles. The second-order valence-corrected chi connectivity index (χ2v) is 6.71. The zero-order valence-corrected chi connectivity index (χ0v) is 11.4. The van der Waals surface area contributed by atoms with Crippen LogP contribution >= 0.6 is 0 Å². The Morgan fingerprint density at radius 3 is 2.37 bits per heavy atom. The summed E-state index contributed by atoms with van der Waals surface area (Å²) in [7, 11) is -1.83. The fourth-order valence-corrected chi connectivity index (χ4v) is 3.90. The molecule has 0 aliphatic carbocycles. The van der Waals surface area contributed by atoms with E-state index in [4.69, 9.17) is 4.74 Å². The SMILES string of the molecule is CNc1ncc(S(=O)(=O)N2CC3CCC(C2)O3)cn1. The van der Waals surface area contributed by atoms with E-state index in [9.17, 15) is 8.42 Å². The van der Waals surface area contributed by atoms with Crippen LogP contribution in [0.1, 0.15) is 12.8 Å². The van der Waals surface area contributed by atoms with Gasteiger partial charge in [-0.1, -0.05) is 0 Å². The molecule has 19 heavy (non-hydrogen) atoms. The number of ether oxygens (including phenoxy) is 1. The van der Waals surface area contributed by atoms with Gasteiger partial charge in [0, 0.05) is 20.1 Å². The van der Waals surface area contributed by atoms with Crippen molar-refractivity contribution >= 4 is 16.0 Å². The minimum absolute atomic E-state index is 0.0334. The van der Waals surface area contributed by atoms with Crippen molar-refractivity contribution in [3.63, 3.8) is 0 Å². The Hall–Kier alpha value is -1.25. The molecule has 3 rings (SSSR count). The lowest BCUT2D eigenvalue weighted by Crippen LogP contribution is -2.45. The standard InChI is InChI=1S/C11H16N4O3S/c1-12-11-13-4-10(5-14-11)19(16,17)15-6-8-2-3-9(7-15)18-8/h4-5,8-9H,2-3,6-7H2,1H3,(H,12,13,14). The van der Waals surface area contributed by atoms with E-state index in [0.29, 0.717) is 19.0 Å². The van der Waals surface area contributed by atoms with Gasteiger partial charge in [0.25, 0.3) is 0 Å². The molecule has 0 saturated carbocycles. The minimum Gasteiger partial charge on any atom is -0.372 e. The Balaban J connectivity index is 1.85. The van der Waals surface area contributed by atoms with E-state index in [1.165, 1.54) is 16.7 Å². The number of morpholine rings is 1. The number of sulfonamides is 1. The van der Waals surface area contributed by atoms with Gasteiger partial charge in [0.1, 0.15) is 4.90 Å². The first-order valence-corrected chi connectivity index (χ1v) is 7.69. The Bertz CT molecular complexity index is 548. The number of nitrogens with zero attached hydrogens (tertiary/aromatic N) is 3. The Kier molecular flexibility index (Phi) is 3.15. The topological polar surface area (TPSA) is 84.4 Å². The Labute approximate surface area is 112 Å². The number of hydrogen-bond donors (Lipinski definition) is 1. The van der Waals surface area contributed by atoms with Crippen LogP contribution in [0.3, 0.4) is 0 Å². The molecule has 2 saturated heterocycles. The molecule has 1 N–H and O–H groups in total. The van der Waals surface area contributed by atoms with Crippen LogP contribution in [0.4, 0.5) is 5.95 Å². The van der Waals surface area contributed by atoms with Crippen molar-refractivity contribution in [2.24, 2.45) is 0 Å². The highest BCUT2D eigenvalue weighted by Gasteiger charge is 2.39. The quantitative estimate of drug-likeness (QED) is 0.845. The van der Waals surface area contributed by atoms with Gasteiger partial charge in [-0.15, -0.1) is 0 Å². The Morgan fingerprint density at radius 2 is 1.84 bits per heavy atom. The predicted molar refractivity (Wildman–Crippen MR) is 68.2 cm³/mol. The largest absolute Gasteiger partial charge is 0.372 e. The lowest BCUT2D eigenvalue weighted by atomic mass is 10.2. The van der Waals surface area contributed by atoms with Crippen molar-refractivity contribution in [3.8, 4) is 0 Å². The molecule has 0 spiro atoms. The maximum Gasteiger partial charge on any atom is 0.246 e. The second-order valence-electron chi connectivity index (χ2n) is 4.77. The average Bonchev–Trinajstić information content (AvgIpc) is 2.77. The van der Waals surface area contributed by atoms with Crippen molar-refractivity contribution in [3.05, 3.63) is 12.4 Å². The van der Waals surface area contributed by atoms with Crippen molar-refractivity contribution in [2.75, 3.05) is 25.5 Å². The zero-order valence-electron chi connectivity index (χ0n) is 10.6. The molecule has 8 heteroatoms. The summed E-state index contributed by atoms with van der Waals surface area (Å²) in [6.07, 6.45) is 4.62. The molecule has 0 aromatic carbocycles. The van der Waals surface area contributed by atoms with Crippen molar-refractivity contribution in [1.82, 2.24) is 14.3 Å². The van der Waals surface area contributed by atoms with Gasteiger partial charge in [0.2, 0.25) is 16.0 Å². The van der Waals surface area contributed by atoms with Crippen molar-refractivity contribution in [1.29, 1.82) is 0 Å². The smallest absolute Gasteiger partial charge is 0.246 e. The lowest BCUT2D eigenvalue weighted by molar-refractivity contribution is -0.0114. The molecule has 2 bridgehead atoms. The normalized spacial score (nSPS) is 27.4. The van der Waals surface area contributed by atoms with E-state index >= 15 is 0 Å². The number of fused-ring (bicyclic) bond motifs is 2. The molecule has 7 nitrogen and oxygen atoms in total. The highest BCUT2D eigenvalue weighted by molar-refractivity contribution is 7.89. The summed E-state index contributed by atoms with van der Waals surface area (Å²) < 4.78 is 32.1. The van der Waals surface area contributed by atoms with E-state index in [1.54, 1.807) is 7.05 Å². The van der Waals surface area contributed by atoms with E-state index in [0.717, 1.165) is 12.8 Å². The van der Waals surface area contributed by atoms with Crippen LogP contribution in [0.15, 0.2) is 17.3 Å². The molecule has 0 radical (unpaired) electrons. The summed E-state index contributed by atoms with van der Waals surface area (Å²) in [5, 5.41) is 2.76. The maximum absolute atomic E-state index is 12.5. The molecule has 2 fully saturated rings. The number of aromatic nitrogens is 2. The second kappa shape index (κ2) is 4.69. The van der Waals surface area contributed by atoms with E-state index < -0.39 is 10.0 Å². The predicted octanol–water partition coefficient (Wildman–Crippen LogP) is 0.0702. The molecule has 104 valence electrons. The number of hydrogen-bond acceptors (Lipinski definition) is 6. The summed E-state index contributed by atoms with van der Waals surface area (Å²) in [5.74, 6) is 0.404. The number of anilines is 1. The Morgan fingerprint density at radius 1 is 1.26 bits per heavy atom. The van der Waals surface area contributed by atoms with Gasteiger partial charge in [0.05, 0.1) is 24.6 Å². The summed E-state index contributed by atoms with van der Waals surface area (Å²) in [5.41, 5.74) is 0. The summed E-state index contributed by atoms with van der Waals surface area (Å²) in [6, 6.07) is 0. The first-order chi connectivity index (χ1) is 9.09. The monoisotopic (exact) mass is 284 g/mol. The van der Waals surface area contributed by atoms with Gasteiger partial charge in [-0.25, -0.2) is 18.4 Å². The molecule has 1 aromatic rings. The van der Waals surface area contributed by atoms with Crippen LogP contribution in [0.25, 0.3) is 0 Å². The minimum atomic E-state index is -3.51. The maximum atomic E-state index is 12.5. The van der Waals surface area contributed by atoms with Crippen LogP contribution in [0, 0.1) is 0 Å². The van der Waals surface area contributed by atoms with Crippen molar-refractivity contribution in [2.45, 2.75) is 29.9 Å². The molecule has 2 aliphatic rings. The van der Waals surface area contributed by atoms with Gasteiger partial charge in [-0.3, -0.25) is 0 Å². The molecular weight excluding hydrogens is 268 g/mol. The van der Waals surface area contributed by atoms with Crippen LogP contribution < -0.4 is 5.32 Å². The highest BCUT2D eigenvalue weighted by atomic mass is 32.2. The van der Waals surface area contributed by atoms with Gasteiger partial charge in [0.15, 0.2) is 0 Å². The number of nitrogens with one attached hydrogen (secondary N) is 1.